The molecule has 2 N–H and O–H groups in total. The highest BCUT2D eigenvalue weighted by Crippen LogP contribution is 2.24. The van der Waals surface area contributed by atoms with Crippen molar-refractivity contribution in [2.45, 2.75) is 51.4 Å². The molecule has 0 aliphatic carbocycles. The first-order chi connectivity index (χ1) is 13.4. The molecule has 2 aromatic heterocycles. The van der Waals surface area contributed by atoms with Crippen LogP contribution < -0.4 is 0 Å². The first kappa shape index (κ1) is 30.7. The molecule has 2 rings (SSSR count). The molecule has 0 aliphatic heterocycles. The summed E-state index contributed by atoms with van der Waals surface area (Å²) in [4.78, 5) is 28.8. The van der Waals surface area contributed by atoms with Crippen molar-refractivity contribution in [1.82, 2.24) is 9.97 Å². The zero-order valence-electron chi connectivity index (χ0n) is 16.6. The highest BCUT2D eigenvalue weighted by Gasteiger charge is 2.23. The summed E-state index contributed by atoms with van der Waals surface area (Å²) in [6.45, 7) is 8.04. The number of aromatic nitrogens is 2. The molecule has 0 saturated heterocycles. The molecule has 0 fully saturated rings. The van der Waals surface area contributed by atoms with Crippen molar-refractivity contribution in [3.63, 3.8) is 0 Å². The number of nitrogens with zero attached hydrogens (tertiary/aromatic N) is 2. The van der Waals surface area contributed by atoms with Gasteiger partial charge in [0, 0.05) is 16.3 Å². The summed E-state index contributed by atoms with van der Waals surface area (Å²) in [5, 5.41) is 18.1. The van der Waals surface area contributed by atoms with Gasteiger partial charge in [-0.25, -0.2) is 9.97 Å². The summed E-state index contributed by atoms with van der Waals surface area (Å²) in [5.41, 5.74) is 1.35. The molecule has 1 unspecified atom stereocenters. The van der Waals surface area contributed by atoms with E-state index in [1.807, 2.05) is 13.8 Å². The fourth-order valence-electron chi connectivity index (χ4n) is 2.07. The number of aliphatic carboxylic acids is 2. The van der Waals surface area contributed by atoms with Gasteiger partial charge in [0.2, 0.25) is 0 Å². The van der Waals surface area contributed by atoms with E-state index in [-0.39, 0.29) is 19.8 Å². The normalized spacial score (nSPS) is 10.7. The zero-order valence-corrected chi connectivity index (χ0v) is 20.3. The number of pyridine rings is 2. The van der Waals surface area contributed by atoms with Crippen LogP contribution in [0, 0.1) is 5.92 Å². The molecule has 168 valence electrons. The Bertz CT molecular complexity index is 752. The second-order valence-electron chi connectivity index (χ2n) is 6.55. The van der Waals surface area contributed by atoms with Gasteiger partial charge in [-0.05, 0) is 29.2 Å². The molecule has 0 aromatic carbocycles. The molecule has 2 heterocycles. The Hall–Kier alpha value is -1.45. The van der Waals surface area contributed by atoms with Crippen molar-refractivity contribution in [2.24, 2.45) is 5.92 Å². The molecule has 0 spiro atoms. The number of hydrogen-bond donors (Lipinski definition) is 2. The Morgan fingerprint density at radius 2 is 1.43 bits per heavy atom. The van der Waals surface area contributed by atoms with Crippen LogP contribution in [0.2, 0.25) is 10.3 Å². The van der Waals surface area contributed by atoms with Gasteiger partial charge in [0.15, 0.2) is 0 Å². The summed E-state index contributed by atoms with van der Waals surface area (Å²) in [6, 6.07) is 6.52. The van der Waals surface area contributed by atoms with Gasteiger partial charge < -0.3 is 10.2 Å². The van der Waals surface area contributed by atoms with Crippen molar-refractivity contribution in [3.8, 4) is 0 Å². The highest BCUT2D eigenvalue weighted by atomic mass is 127. The summed E-state index contributed by atoms with van der Waals surface area (Å²) in [7, 11) is 0. The Morgan fingerprint density at radius 3 is 1.73 bits per heavy atom. The van der Waals surface area contributed by atoms with Crippen molar-refractivity contribution in [2.75, 3.05) is 0 Å². The molecule has 30 heavy (non-hydrogen) atoms. The molecule has 0 bridgehead atoms. The van der Waals surface area contributed by atoms with Gasteiger partial charge in [0.25, 0.3) is 0 Å². The summed E-state index contributed by atoms with van der Waals surface area (Å²) in [6.07, 6.45) is 2.96. The second-order valence-corrected chi connectivity index (χ2v) is 9.81. The molecule has 6 nitrogen and oxygen atoms in total. The molecule has 9 heteroatoms. The standard InChI is InChI=1S/C10H12ClNO2.C7H6ClNO2.C3H7I.CH4/c1-6(2)9(10(13)14)7-3-4-8(11)12-5-7;8-6-2-1-5(4-9-6)3-7(10)11;1-3(2)4;/h3-6,9H,1-2H3,(H,13,14);1-2,4H,3H2,(H,10,11);3H,1-2H3;1H4. The quantitative estimate of drug-likeness (QED) is 0.245. The maximum atomic E-state index is 11.0. The largest absolute Gasteiger partial charge is 0.481 e. The van der Waals surface area contributed by atoms with Gasteiger partial charge in [0.1, 0.15) is 10.3 Å². The summed E-state index contributed by atoms with van der Waals surface area (Å²) in [5.74, 6) is -2.17. The van der Waals surface area contributed by atoms with Gasteiger partial charge in [-0.2, -0.15) is 0 Å². The van der Waals surface area contributed by atoms with E-state index in [1.54, 1.807) is 24.3 Å². The van der Waals surface area contributed by atoms with Crippen LogP contribution in [0.15, 0.2) is 36.7 Å². The zero-order chi connectivity index (χ0) is 22.6. The second kappa shape index (κ2) is 16.3. The lowest BCUT2D eigenvalue weighted by molar-refractivity contribution is -0.140. The maximum absolute atomic E-state index is 11.0. The fraction of sp³-hybridized carbons (Fsp3) is 0.429. The highest BCUT2D eigenvalue weighted by molar-refractivity contribution is 14.1. The number of carboxylic acid groups (broad SMARTS) is 2. The van der Waals surface area contributed by atoms with Crippen LogP contribution in [-0.4, -0.2) is 36.0 Å². The number of carboxylic acids is 2. The van der Waals surface area contributed by atoms with Crippen molar-refractivity contribution >= 4 is 57.7 Å². The van der Waals surface area contributed by atoms with Crippen molar-refractivity contribution in [3.05, 3.63) is 58.1 Å². The number of halogens is 3. The van der Waals surface area contributed by atoms with Crippen molar-refractivity contribution in [1.29, 1.82) is 0 Å². The molecule has 2 aromatic rings. The molecule has 0 amide bonds. The van der Waals surface area contributed by atoms with Crippen LogP contribution in [-0.2, 0) is 16.0 Å². The lowest BCUT2D eigenvalue weighted by atomic mass is 9.90. The minimum atomic E-state index is -0.867. The van der Waals surface area contributed by atoms with E-state index in [1.165, 1.54) is 12.4 Å². The third-order valence-corrected chi connectivity index (χ3v) is 3.63. The number of rotatable bonds is 5. The van der Waals surface area contributed by atoms with Gasteiger partial charge in [0.05, 0.1) is 12.3 Å². The molecule has 0 radical (unpaired) electrons. The Morgan fingerprint density at radius 1 is 0.967 bits per heavy atom. The van der Waals surface area contributed by atoms with Crippen molar-refractivity contribution < 1.29 is 19.8 Å². The van der Waals surface area contributed by atoms with Crippen LogP contribution in [0.4, 0.5) is 0 Å². The van der Waals surface area contributed by atoms with E-state index in [0.29, 0.717) is 21.4 Å². The lowest BCUT2D eigenvalue weighted by Crippen LogP contribution is -2.17. The van der Waals surface area contributed by atoms with E-state index >= 15 is 0 Å². The third kappa shape index (κ3) is 14.5. The smallest absolute Gasteiger partial charge is 0.311 e. The van der Waals surface area contributed by atoms with Gasteiger partial charge in [-0.3, -0.25) is 9.59 Å². The predicted octanol–water partition coefficient (Wildman–Crippen LogP) is 6.39. The van der Waals surface area contributed by atoms with E-state index in [4.69, 9.17) is 33.4 Å². The van der Waals surface area contributed by atoms with E-state index in [2.05, 4.69) is 46.4 Å². The minimum absolute atomic E-state index is 0. The Kier molecular flexibility index (Phi) is 16.7. The molecule has 0 aliphatic rings. The molecular formula is C21H29Cl2IN2O4. The molecular weight excluding hydrogens is 542 g/mol. The minimum Gasteiger partial charge on any atom is -0.481 e. The van der Waals surface area contributed by atoms with Crippen LogP contribution in [0.1, 0.15) is 52.2 Å². The van der Waals surface area contributed by atoms with Gasteiger partial charge in [-0.1, -0.05) is 93.0 Å². The maximum Gasteiger partial charge on any atom is 0.311 e. The van der Waals surface area contributed by atoms with Gasteiger partial charge in [-0.15, -0.1) is 0 Å². The first-order valence-electron chi connectivity index (χ1n) is 8.74. The number of carbonyl (C=O) groups is 2. The average Bonchev–Trinajstić information content (AvgIpc) is 2.58. The Labute approximate surface area is 202 Å². The van der Waals surface area contributed by atoms with E-state index < -0.39 is 17.9 Å². The number of hydrogen-bond acceptors (Lipinski definition) is 4. The summed E-state index contributed by atoms with van der Waals surface area (Å²) < 4.78 is 0.803. The fourth-order valence-corrected chi connectivity index (χ4v) is 2.29. The average molecular weight is 571 g/mol. The monoisotopic (exact) mass is 570 g/mol. The van der Waals surface area contributed by atoms with Crippen LogP contribution in [0.5, 0.6) is 0 Å². The SMILES string of the molecule is C.CC(C)C(C(=O)O)c1ccc(Cl)nc1.CC(C)I.O=C(O)Cc1ccc(Cl)nc1. The van der Waals surface area contributed by atoms with Crippen LogP contribution in [0.3, 0.4) is 0 Å². The van der Waals surface area contributed by atoms with Crippen LogP contribution in [0.25, 0.3) is 0 Å². The Balaban J connectivity index is 0. The lowest BCUT2D eigenvalue weighted by Gasteiger charge is -2.15. The molecule has 0 saturated carbocycles. The van der Waals surface area contributed by atoms with E-state index in [9.17, 15) is 9.59 Å². The van der Waals surface area contributed by atoms with Gasteiger partial charge >= 0.3 is 11.9 Å². The summed E-state index contributed by atoms with van der Waals surface area (Å²) >= 11 is 13.4. The molecule has 1 atom stereocenters. The van der Waals surface area contributed by atoms with Crippen LogP contribution >= 0.6 is 45.8 Å². The topological polar surface area (TPSA) is 100 Å². The third-order valence-electron chi connectivity index (χ3n) is 3.19. The van der Waals surface area contributed by atoms with E-state index in [0.717, 1.165) is 3.92 Å². The first-order valence-corrected chi connectivity index (χ1v) is 10.7. The predicted molar refractivity (Wildman–Crippen MR) is 131 cm³/mol. The number of alkyl halides is 1.